The van der Waals surface area contributed by atoms with E-state index in [0.717, 1.165) is 29.2 Å². The van der Waals surface area contributed by atoms with Crippen LogP contribution in [0.1, 0.15) is 12.0 Å². The minimum Gasteiger partial charge on any atom is -0.488 e. The van der Waals surface area contributed by atoms with Gasteiger partial charge in [0.05, 0.1) is 17.5 Å². The molecular formula is C12H12ClNOS. The summed E-state index contributed by atoms with van der Waals surface area (Å²) in [6.07, 6.45) is 1.75. The van der Waals surface area contributed by atoms with E-state index in [4.69, 9.17) is 21.6 Å². The highest BCUT2D eigenvalue weighted by molar-refractivity contribution is 7.99. The van der Waals surface area contributed by atoms with Gasteiger partial charge in [0.2, 0.25) is 0 Å². The molecule has 1 heterocycles. The summed E-state index contributed by atoms with van der Waals surface area (Å²) in [4.78, 5) is 0. The van der Waals surface area contributed by atoms with Crippen LogP contribution in [0.2, 0.25) is 5.02 Å². The highest BCUT2D eigenvalue weighted by Crippen LogP contribution is 2.29. The molecule has 0 spiro atoms. The van der Waals surface area contributed by atoms with Gasteiger partial charge >= 0.3 is 0 Å². The second-order valence-corrected chi connectivity index (χ2v) is 5.26. The molecule has 0 N–H and O–H groups in total. The Kier molecular flexibility index (Phi) is 3.98. The third-order valence-corrected chi connectivity index (χ3v) is 3.89. The van der Waals surface area contributed by atoms with Crippen molar-refractivity contribution in [3.05, 3.63) is 28.8 Å². The first-order valence-electron chi connectivity index (χ1n) is 5.19. The molecule has 0 bridgehead atoms. The zero-order valence-corrected chi connectivity index (χ0v) is 10.4. The minimum atomic E-state index is 0.282. The first kappa shape index (κ1) is 11.6. The van der Waals surface area contributed by atoms with Gasteiger partial charge in [-0.15, -0.1) is 0 Å². The topological polar surface area (TPSA) is 33.0 Å². The highest BCUT2D eigenvalue weighted by Gasteiger charge is 2.18. The molecule has 4 heteroatoms. The predicted octanol–water partition coefficient (Wildman–Crippen LogP) is 3.29. The van der Waals surface area contributed by atoms with Gasteiger partial charge in [-0.1, -0.05) is 17.7 Å². The molecule has 0 radical (unpaired) electrons. The molecule has 1 unspecified atom stereocenters. The first-order valence-corrected chi connectivity index (χ1v) is 6.72. The van der Waals surface area contributed by atoms with Crippen molar-refractivity contribution in [2.24, 2.45) is 0 Å². The van der Waals surface area contributed by atoms with Gasteiger partial charge in [0.15, 0.2) is 0 Å². The number of nitrogens with zero attached hydrogens (tertiary/aromatic N) is 1. The largest absolute Gasteiger partial charge is 0.488 e. The molecule has 16 heavy (non-hydrogen) atoms. The highest BCUT2D eigenvalue weighted by atomic mass is 35.5. The maximum absolute atomic E-state index is 8.58. The molecule has 0 saturated carbocycles. The first-order chi connectivity index (χ1) is 7.79. The normalized spacial score (nSPS) is 19.4. The Morgan fingerprint density at radius 3 is 3.06 bits per heavy atom. The van der Waals surface area contributed by atoms with Gasteiger partial charge in [0, 0.05) is 5.75 Å². The summed E-state index contributed by atoms with van der Waals surface area (Å²) < 4.78 is 5.80. The maximum Gasteiger partial charge on any atom is 0.138 e. The van der Waals surface area contributed by atoms with Gasteiger partial charge in [-0.2, -0.15) is 17.0 Å². The van der Waals surface area contributed by atoms with E-state index in [9.17, 15) is 0 Å². The summed E-state index contributed by atoms with van der Waals surface area (Å²) in [5.41, 5.74) is 0.931. The lowest BCUT2D eigenvalue weighted by atomic mass is 10.1. The van der Waals surface area contributed by atoms with Crippen LogP contribution in [0.3, 0.4) is 0 Å². The number of ether oxygens (including phenoxy) is 1. The summed E-state index contributed by atoms with van der Waals surface area (Å²) >= 11 is 8.01. The molecule has 2 nitrogen and oxygen atoms in total. The molecule has 1 aromatic carbocycles. The Morgan fingerprint density at radius 2 is 2.44 bits per heavy atom. The fourth-order valence-electron chi connectivity index (χ4n) is 1.63. The van der Waals surface area contributed by atoms with Gasteiger partial charge in [-0.05, 0) is 29.9 Å². The van der Waals surface area contributed by atoms with Crippen LogP contribution in [-0.2, 0) is 6.42 Å². The van der Waals surface area contributed by atoms with Crippen molar-refractivity contribution in [1.29, 1.82) is 5.26 Å². The molecule has 1 aromatic rings. The molecule has 1 aliphatic rings. The van der Waals surface area contributed by atoms with Crippen LogP contribution in [-0.4, -0.2) is 17.6 Å². The van der Waals surface area contributed by atoms with Crippen molar-refractivity contribution in [2.45, 2.75) is 18.9 Å². The molecule has 1 saturated heterocycles. The third kappa shape index (κ3) is 2.84. The van der Waals surface area contributed by atoms with E-state index >= 15 is 0 Å². The van der Waals surface area contributed by atoms with Crippen LogP contribution in [0.4, 0.5) is 0 Å². The van der Waals surface area contributed by atoms with E-state index in [0.29, 0.717) is 11.4 Å². The van der Waals surface area contributed by atoms with Crippen LogP contribution < -0.4 is 4.74 Å². The molecule has 2 rings (SSSR count). The molecule has 1 atom stereocenters. The number of rotatable bonds is 3. The lowest BCUT2D eigenvalue weighted by molar-refractivity contribution is 0.229. The van der Waals surface area contributed by atoms with E-state index < -0.39 is 0 Å². The summed E-state index contributed by atoms with van der Waals surface area (Å²) in [6.45, 7) is 0. The van der Waals surface area contributed by atoms with Crippen molar-refractivity contribution in [1.82, 2.24) is 0 Å². The quantitative estimate of drug-likeness (QED) is 0.829. The molecule has 84 valence electrons. The molecule has 0 amide bonds. The Bertz CT molecular complexity index is 410. The van der Waals surface area contributed by atoms with Crippen LogP contribution >= 0.6 is 23.4 Å². The summed E-state index contributed by atoms with van der Waals surface area (Å²) in [6, 6.07) is 7.66. The van der Waals surface area contributed by atoms with Gasteiger partial charge in [-0.3, -0.25) is 0 Å². The van der Waals surface area contributed by atoms with Crippen LogP contribution in [0.25, 0.3) is 0 Å². The summed E-state index contributed by atoms with van der Waals surface area (Å²) in [5, 5.41) is 9.18. The number of hydrogen-bond acceptors (Lipinski definition) is 3. The van der Waals surface area contributed by atoms with Gasteiger partial charge in [-0.25, -0.2) is 0 Å². The lowest BCUT2D eigenvalue weighted by Crippen LogP contribution is -2.14. The molecule has 0 aliphatic carbocycles. The zero-order valence-electron chi connectivity index (χ0n) is 8.78. The average Bonchev–Trinajstić information content (AvgIpc) is 2.75. The second kappa shape index (κ2) is 5.47. The SMILES string of the molecule is N#CCc1ccc(OC2CCSC2)c(Cl)c1. The Labute approximate surface area is 105 Å². The molecule has 0 aromatic heterocycles. The van der Waals surface area contributed by atoms with Crippen molar-refractivity contribution >= 4 is 23.4 Å². The molecular weight excluding hydrogens is 242 g/mol. The Morgan fingerprint density at radius 1 is 1.56 bits per heavy atom. The van der Waals surface area contributed by atoms with Gasteiger partial charge in [0.1, 0.15) is 11.9 Å². The van der Waals surface area contributed by atoms with Crippen LogP contribution in [0.15, 0.2) is 18.2 Å². The smallest absolute Gasteiger partial charge is 0.138 e. The van der Waals surface area contributed by atoms with Gasteiger partial charge < -0.3 is 4.74 Å². The predicted molar refractivity (Wildman–Crippen MR) is 67.1 cm³/mol. The van der Waals surface area contributed by atoms with E-state index in [1.807, 2.05) is 30.0 Å². The fraction of sp³-hybridized carbons (Fsp3) is 0.417. The van der Waals surface area contributed by atoms with Gasteiger partial charge in [0.25, 0.3) is 0 Å². The van der Waals surface area contributed by atoms with Crippen molar-refractivity contribution in [3.63, 3.8) is 0 Å². The van der Waals surface area contributed by atoms with E-state index in [-0.39, 0.29) is 6.10 Å². The minimum absolute atomic E-state index is 0.282. The number of hydrogen-bond donors (Lipinski definition) is 0. The molecule has 1 fully saturated rings. The number of nitriles is 1. The number of halogens is 1. The van der Waals surface area contributed by atoms with Crippen LogP contribution in [0, 0.1) is 11.3 Å². The van der Waals surface area contributed by atoms with Crippen LogP contribution in [0.5, 0.6) is 5.75 Å². The number of thioether (sulfide) groups is 1. The van der Waals surface area contributed by atoms with E-state index in [1.54, 1.807) is 0 Å². The zero-order chi connectivity index (χ0) is 11.4. The second-order valence-electron chi connectivity index (χ2n) is 3.70. The summed E-state index contributed by atoms with van der Waals surface area (Å²) in [7, 11) is 0. The molecule has 1 aliphatic heterocycles. The third-order valence-electron chi connectivity index (χ3n) is 2.46. The average molecular weight is 254 g/mol. The van der Waals surface area contributed by atoms with Crippen molar-refractivity contribution in [2.75, 3.05) is 11.5 Å². The monoisotopic (exact) mass is 253 g/mol. The van der Waals surface area contributed by atoms with Crippen molar-refractivity contribution < 1.29 is 4.74 Å². The Balaban J connectivity index is 2.07. The lowest BCUT2D eigenvalue weighted by Gasteiger charge is -2.14. The Hall–Kier alpha value is -0.850. The fourth-order valence-corrected chi connectivity index (χ4v) is 2.97. The van der Waals surface area contributed by atoms with Crippen molar-refractivity contribution in [3.8, 4) is 11.8 Å². The maximum atomic E-state index is 8.58. The van der Waals surface area contributed by atoms with E-state index in [1.165, 1.54) is 0 Å². The van der Waals surface area contributed by atoms with E-state index in [2.05, 4.69) is 6.07 Å². The number of benzene rings is 1. The summed E-state index contributed by atoms with van der Waals surface area (Å²) in [5.74, 6) is 2.93. The standard InChI is InChI=1S/C12H12ClNOS/c13-11-7-9(3-5-14)1-2-12(11)15-10-4-6-16-8-10/h1-2,7,10H,3-4,6,8H2.